The smallest absolute Gasteiger partial charge is 0.407 e. The number of pyridine rings is 1. The molecule has 0 bridgehead atoms. The van der Waals surface area contributed by atoms with Crippen molar-refractivity contribution in [2.24, 2.45) is 0 Å². The SMILES string of the molecule is Cc1nc(N)ccc1CNC(=O)[C@@H]1COC(=O)N1. The lowest BCUT2D eigenvalue weighted by molar-refractivity contribution is -0.122. The average molecular weight is 250 g/mol. The van der Waals surface area contributed by atoms with Crippen LogP contribution in [-0.4, -0.2) is 29.6 Å². The summed E-state index contributed by atoms with van der Waals surface area (Å²) in [7, 11) is 0. The van der Waals surface area contributed by atoms with Crippen molar-refractivity contribution in [3.8, 4) is 0 Å². The Morgan fingerprint density at radius 3 is 3.06 bits per heavy atom. The molecule has 1 aliphatic rings. The van der Waals surface area contributed by atoms with Crippen LogP contribution in [0.3, 0.4) is 0 Å². The Morgan fingerprint density at radius 1 is 1.67 bits per heavy atom. The van der Waals surface area contributed by atoms with Crippen LogP contribution < -0.4 is 16.4 Å². The molecular weight excluding hydrogens is 236 g/mol. The topological polar surface area (TPSA) is 106 Å². The van der Waals surface area contributed by atoms with Gasteiger partial charge in [-0.05, 0) is 18.6 Å². The van der Waals surface area contributed by atoms with E-state index in [4.69, 9.17) is 5.73 Å². The van der Waals surface area contributed by atoms with E-state index in [0.717, 1.165) is 11.3 Å². The largest absolute Gasteiger partial charge is 0.447 e. The molecule has 2 heterocycles. The van der Waals surface area contributed by atoms with Crippen molar-refractivity contribution in [2.75, 3.05) is 12.3 Å². The lowest BCUT2D eigenvalue weighted by Gasteiger charge is -2.10. The van der Waals surface area contributed by atoms with Crippen LogP contribution in [0.5, 0.6) is 0 Å². The van der Waals surface area contributed by atoms with Crippen LogP contribution in [0.1, 0.15) is 11.3 Å². The van der Waals surface area contributed by atoms with E-state index in [9.17, 15) is 9.59 Å². The van der Waals surface area contributed by atoms with Crippen LogP contribution in [0.15, 0.2) is 12.1 Å². The van der Waals surface area contributed by atoms with Crippen LogP contribution in [0, 0.1) is 6.92 Å². The van der Waals surface area contributed by atoms with E-state index >= 15 is 0 Å². The van der Waals surface area contributed by atoms with E-state index in [-0.39, 0.29) is 12.5 Å². The number of hydrogen-bond donors (Lipinski definition) is 3. The molecule has 7 heteroatoms. The Kier molecular flexibility index (Phi) is 3.31. The molecule has 1 aliphatic heterocycles. The number of alkyl carbamates (subject to hydrolysis) is 1. The molecule has 7 nitrogen and oxygen atoms in total. The molecule has 1 aromatic rings. The fraction of sp³-hybridized carbons (Fsp3) is 0.364. The second-order valence-electron chi connectivity index (χ2n) is 3.99. The van der Waals surface area contributed by atoms with Gasteiger partial charge in [-0.2, -0.15) is 0 Å². The lowest BCUT2D eigenvalue weighted by atomic mass is 10.2. The minimum atomic E-state index is -0.625. The number of nitrogens with zero attached hydrogens (tertiary/aromatic N) is 1. The number of carbonyl (C=O) groups is 2. The Bertz CT molecular complexity index is 489. The highest BCUT2D eigenvalue weighted by molar-refractivity contribution is 5.87. The number of anilines is 1. The maximum Gasteiger partial charge on any atom is 0.407 e. The summed E-state index contributed by atoms with van der Waals surface area (Å²) in [5.74, 6) is 0.163. The summed E-state index contributed by atoms with van der Waals surface area (Å²) in [6.07, 6.45) is -0.569. The number of hydrogen-bond acceptors (Lipinski definition) is 5. The molecule has 96 valence electrons. The number of carbonyl (C=O) groups excluding carboxylic acids is 2. The first-order valence-electron chi connectivity index (χ1n) is 5.49. The highest BCUT2D eigenvalue weighted by atomic mass is 16.6. The average Bonchev–Trinajstić information content (AvgIpc) is 2.74. The number of rotatable bonds is 3. The number of nitrogen functional groups attached to an aromatic ring is 1. The van der Waals surface area contributed by atoms with Gasteiger partial charge in [-0.25, -0.2) is 9.78 Å². The van der Waals surface area contributed by atoms with Crippen LogP contribution >= 0.6 is 0 Å². The molecule has 0 aliphatic carbocycles. The van der Waals surface area contributed by atoms with Gasteiger partial charge in [-0.3, -0.25) is 4.79 Å². The Labute approximate surface area is 104 Å². The third kappa shape index (κ3) is 2.68. The first-order chi connectivity index (χ1) is 8.56. The number of nitrogens with two attached hydrogens (primary N) is 1. The summed E-state index contributed by atoms with van der Waals surface area (Å²) < 4.78 is 4.64. The standard InChI is InChI=1S/C11H14N4O3/c1-6-7(2-3-9(12)14-6)4-13-10(16)8-5-18-11(17)15-8/h2-3,8H,4-5H2,1H3,(H2,12,14)(H,13,16)(H,15,17)/t8-/m0/s1. The molecule has 0 aromatic carbocycles. The zero-order chi connectivity index (χ0) is 13.1. The molecule has 1 atom stereocenters. The molecule has 18 heavy (non-hydrogen) atoms. The summed E-state index contributed by atoms with van der Waals surface area (Å²) in [6, 6.07) is 2.86. The minimum absolute atomic E-state index is 0.0592. The zero-order valence-corrected chi connectivity index (χ0v) is 9.90. The molecule has 1 saturated heterocycles. The maximum absolute atomic E-state index is 11.7. The molecular formula is C11H14N4O3. The first-order valence-corrected chi connectivity index (χ1v) is 5.49. The maximum atomic E-state index is 11.7. The zero-order valence-electron chi connectivity index (χ0n) is 9.90. The van der Waals surface area contributed by atoms with Gasteiger partial charge < -0.3 is 21.1 Å². The number of amides is 2. The van der Waals surface area contributed by atoms with Gasteiger partial charge in [-0.15, -0.1) is 0 Å². The first kappa shape index (κ1) is 12.2. The van der Waals surface area contributed by atoms with Gasteiger partial charge in [0.15, 0.2) is 0 Å². The highest BCUT2D eigenvalue weighted by Crippen LogP contribution is 2.08. The van der Waals surface area contributed by atoms with Gasteiger partial charge in [0, 0.05) is 12.2 Å². The van der Waals surface area contributed by atoms with E-state index < -0.39 is 12.1 Å². The van der Waals surface area contributed by atoms with Crippen LogP contribution in [0.25, 0.3) is 0 Å². The van der Waals surface area contributed by atoms with Gasteiger partial charge >= 0.3 is 6.09 Å². The number of aryl methyl sites for hydroxylation is 1. The van der Waals surface area contributed by atoms with Crippen LogP contribution in [0.4, 0.5) is 10.6 Å². The molecule has 1 aromatic heterocycles. The van der Waals surface area contributed by atoms with Crippen molar-refractivity contribution in [2.45, 2.75) is 19.5 Å². The molecule has 2 amide bonds. The second kappa shape index (κ2) is 4.91. The van der Waals surface area contributed by atoms with Crippen molar-refractivity contribution >= 4 is 17.8 Å². The Balaban J connectivity index is 1.91. The second-order valence-corrected chi connectivity index (χ2v) is 3.99. The quantitative estimate of drug-likeness (QED) is 0.682. The summed E-state index contributed by atoms with van der Waals surface area (Å²) in [5.41, 5.74) is 7.18. The molecule has 0 unspecified atom stereocenters. The van der Waals surface area contributed by atoms with Crippen molar-refractivity contribution in [3.63, 3.8) is 0 Å². The summed E-state index contributed by atoms with van der Waals surface area (Å²) in [4.78, 5) is 26.6. The molecule has 1 fully saturated rings. The number of cyclic esters (lactones) is 1. The normalized spacial score (nSPS) is 18.1. The molecule has 2 rings (SSSR count). The van der Waals surface area contributed by atoms with Crippen molar-refractivity contribution < 1.29 is 14.3 Å². The fourth-order valence-corrected chi connectivity index (χ4v) is 1.63. The third-order valence-corrected chi connectivity index (χ3v) is 2.66. The Hall–Kier alpha value is -2.31. The summed E-state index contributed by atoms with van der Waals surface area (Å²) in [6.45, 7) is 2.21. The van der Waals surface area contributed by atoms with Crippen molar-refractivity contribution in [1.29, 1.82) is 0 Å². The predicted molar refractivity (Wildman–Crippen MR) is 63.5 cm³/mol. The van der Waals surface area contributed by atoms with E-state index in [1.54, 1.807) is 6.07 Å². The van der Waals surface area contributed by atoms with E-state index in [0.29, 0.717) is 12.4 Å². The molecule has 0 saturated carbocycles. The highest BCUT2D eigenvalue weighted by Gasteiger charge is 2.28. The summed E-state index contributed by atoms with van der Waals surface area (Å²) >= 11 is 0. The van der Waals surface area contributed by atoms with Crippen molar-refractivity contribution in [1.82, 2.24) is 15.6 Å². The van der Waals surface area contributed by atoms with Gasteiger partial charge in [0.2, 0.25) is 5.91 Å². The number of ether oxygens (including phenoxy) is 1. The van der Waals surface area contributed by atoms with E-state index in [1.165, 1.54) is 0 Å². The predicted octanol–water partition coefficient (Wildman–Crippen LogP) is -0.303. The minimum Gasteiger partial charge on any atom is -0.447 e. The van der Waals surface area contributed by atoms with Gasteiger partial charge in [-0.1, -0.05) is 6.07 Å². The van der Waals surface area contributed by atoms with E-state index in [2.05, 4.69) is 20.4 Å². The fourth-order valence-electron chi connectivity index (χ4n) is 1.63. The monoisotopic (exact) mass is 250 g/mol. The van der Waals surface area contributed by atoms with Gasteiger partial charge in [0.25, 0.3) is 0 Å². The van der Waals surface area contributed by atoms with Gasteiger partial charge in [0.1, 0.15) is 18.5 Å². The van der Waals surface area contributed by atoms with Gasteiger partial charge in [0.05, 0.1) is 0 Å². The van der Waals surface area contributed by atoms with Crippen LogP contribution in [-0.2, 0) is 16.1 Å². The molecule has 4 N–H and O–H groups in total. The van der Waals surface area contributed by atoms with Crippen molar-refractivity contribution in [3.05, 3.63) is 23.4 Å². The lowest BCUT2D eigenvalue weighted by Crippen LogP contribution is -2.42. The summed E-state index contributed by atoms with van der Waals surface area (Å²) in [5, 5.41) is 5.11. The van der Waals surface area contributed by atoms with E-state index in [1.807, 2.05) is 13.0 Å². The molecule has 0 spiro atoms. The third-order valence-electron chi connectivity index (χ3n) is 2.66. The number of aromatic nitrogens is 1. The molecule has 0 radical (unpaired) electrons. The number of nitrogens with one attached hydrogen (secondary N) is 2. The van der Waals surface area contributed by atoms with Crippen LogP contribution in [0.2, 0.25) is 0 Å². The Morgan fingerprint density at radius 2 is 2.44 bits per heavy atom.